The molecule has 8 aromatic carbocycles. The van der Waals surface area contributed by atoms with E-state index in [0.717, 1.165) is 67.5 Å². The smallest absolute Gasteiger partial charge is 0.0887 e. The van der Waals surface area contributed by atoms with Gasteiger partial charge in [0.05, 0.1) is 37.8 Å². The molecule has 0 atom stereocenters. The molecule has 8 aromatic rings. The number of nitrogens with zero attached hydrogens (tertiary/aromatic N) is 2. The van der Waals surface area contributed by atoms with Crippen LogP contribution in [0.4, 0.5) is 34.1 Å². The van der Waals surface area contributed by atoms with Crippen molar-refractivity contribution in [3.05, 3.63) is 215 Å². The Bertz CT molecular complexity index is 2320. The topological polar surface area (TPSA) is 6.48 Å². The number of anilines is 6. The second kappa shape index (κ2) is 15.5. The highest BCUT2D eigenvalue weighted by molar-refractivity contribution is 6.38. The normalized spacial score (nSPS) is 10.9. The molecule has 0 bridgehead atoms. The van der Waals surface area contributed by atoms with Gasteiger partial charge in [0.2, 0.25) is 0 Å². The lowest BCUT2D eigenvalue weighted by Crippen LogP contribution is -2.15. The molecule has 0 unspecified atom stereocenters. The summed E-state index contributed by atoms with van der Waals surface area (Å²) in [7, 11) is 0. The van der Waals surface area contributed by atoms with E-state index in [9.17, 15) is 0 Å². The monoisotopic (exact) mass is 742 g/mol. The third kappa shape index (κ3) is 7.18. The molecule has 256 valence electrons. The lowest BCUT2D eigenvalue weighted by atomic mass is 10.0. The largest absolute Gasteiger partial charge is 0.307 e. The summed E-state index contributed by atoms with van der Waals surface area (Å²) in [6, 6.07) is 68.0. The van der Waals surface area contributed by atoms with Crippen LogP contribution in [0.25, 0.3) is 33.4 Å². The van der Waals surface area contributed by atoms with Crippen molar-refractivity contribution >= 4 is 68.9 Å². The molecule has 0 spiro atoms. The van der Waals surface area contributed by atoms with Crippen molar-refractivity contribution in [3.63, 3.8) is 0 Å². The summed E-state index contributed by atoms with van der Waals surface area (Å²) in [4.78, 5) is 4.30. The van der Waals surface area contributed by atoms with E-state index in [1.165, 1.54) is 0 Å². The Morgan fingerprint density at radius 3 is 0.925 bits per heavy atom. The van der Waals surface area contributed by atoms with Crippen molar-refractivity contribution in [2.45, 2.75) is 0 Å². The van der Waals surface area contributed by atoms with E-state index in [-0.39, 0.29) is 0 Å². The van der Waals surface area contributed by atoms with Crippen LogP contribution in [0, 0.1) is 0 Å². The fourth-order valence-electron chi connectivity index (χ4n) is 6.68. The number of hydrogen-bond donors (Lipinski definition) is 0. The quantitative estimate of drug-likeness (QED) is 0.145. The lowest BCUT2D eigenvalue weighted by Gasteiger charge is -2.33. The van der Waals surface area contributed by atoms with Crippen molar-refractivity contribution in [2.75, 3.05) is 9.80 Å². The van der Waals surface area contributed by atoms with E-state index in [4.69, 9.17) is 34.8 Å². The number of hydrogen-bond acceptors (Lipinski definition) is 2. The SMILES string of the molecule is Clc1ccc(-c2ccccc2)cc1N(c1ccccc1)c1cc(-c2ccccc2)cc(N(c2ccccc2)c2cc(-c3ccccc3)ccc2Cl)c1Cl. The van der Waals surface area contributed by atoms with E-state index in [1.807, 2.05) is 103 Å². The van der Waals surface area contributed by atoms with E-state index in [1.54, 1.807) is 0 Å². The molecular weight excluding hydrogens is 711 g/mol. The average molecular weight is 744 g/mol. The van der Waals surface area contributed by atoms with Crippen molar-refractivity contribution < 1.29 is 0 Å². The van der Waals surface area contributed by atoms with Gasteiger partial charge in [0.25, 0.3) is 0 Å². The molecule has 2 nitrogen and oxygen atoms in total. The van der Waals surface area contributed by atoms with Crippen LogP contribution in [0.3, 0.4) is 0 Å². The number of rotatable bonds is 9. The van der Waals surface area contributed by atoms with Gasteiger partial charge < -0.3 is 9.80 Å². The fraction of sp³-hybridized carbons (Fsp3) is 0. The number of halogens is 3. The Balaban J connectivity index is 1.42. The van der Waals surface area contributed by atoms with Crippen LogP contribution in [-0.2, 0) is 0 Å². The van der Waals surface area contributed by atoms with Crippen LogP contribution in [0.2, 0.25) is 15.1 Å². The summed E-state index contributed by atoms with van der Waals surface area (Å²) in [5, 5.41) is 1.71. The van der Waals surface area contributed by atoms with Gasteiger partial charge in [-0.1, -0.05) is 174 Å². The molecule has 0 radical (unpaired) electrons. The van der Waals surface area contributed by atoms with Gasteiger partial charge in [0.15, 0.2) is 0 Å². The van der Waals surface area contributed by atoms with Gasteiger partial charge in [-0.3, -0.25) is 0 Å². The molecule has 0 aliphatic heterocycles. The first-order valence-corrected chi connectivity index (χ1v) is 18.5. The summed E-state index contributed by atoms with van der Waals surface area (Å²) >= 11 is 22.1. The Morgan fingerprint density at radius 2 is 0.566 bits per heavy atom. The third-order valence-electron chi connectivity index (χ3n) is 9.24. The fourth-order valence-corrected chi connectivity index (χ4v) is 7.36. The van der Waals surface area contributed by atoms with Crippen LogP contribution in [0.15, 0.2) is 200 Å². The Hall–Kier alpha value is -5.77. The maximum Gasteiger partial charge on any atom is 0.0887 e. The second-order valence-electron chi connectivity index (χ2n) is 12.6. The number of benzene rings is 8. The van der Waals surface area contributed by atoms with Gasteiger partial charge in [-0.25, -0.2) is 0 Å². The Kier molecular flexibility index (Phi) is 10.0. The summed E-state index contributed by atoms with van der Waals surface area (Å²) < 4.78 is 0. The van der Waals surface area contributed by atoms with Crippen LogP contribution in [0.1, 0.15) is 0 Å². The van der Waals surface area contributed by atoms with Crippen molar-refractivity contribution in [3.8, 4) is 33.4 Å². The average Bonchev–Trinajstić information content (AvgIpc) is 3.22. The molecule has 0 aliphatic rings. The highest BCUT2D eigenvalue weighted by Crippen LogP contribution is 2.51. The first-order chi connectivity index (χ1) is 26.0. The first-order valence-electron chi connectivity index (χ1n) is 17.3. The van der Waals surface area contributed by atoms with E-state index in [2.05, 4.69) is 107 Å². The molecular formula is C48H33Cl3N2. The van der Waals surface area contributed by atoms with Crippen LogP contribution < -0.4 is 9.80 Å². The van der Waals surface area contributed by atoms with Gasteiger partial charge in [-0.05, 0) is 94.0 Å². The Morgan fingerprint density at radius 1 is 0.264 bits per heavy atom. The molecule has 0 saturated heterocycles. The zero-order chi connectivity index (χ0) is 36.1. The van der Waals surface area contributed by atoms with Gasteiger partial charge in [-0.15, -0.1) is 0 Å². The predicted molar refractivity (Wildman–Crippen MR) is 227 cm³/mol. The Labute approximate surface area is 325 Å². The summed E-state index contributed by atoms with van der Waals surface area (Å²) in [5.74, 6) is 0. The second-order valence-corrected chi connectivity index (χ2v) is 13.8. The first kappa shape index (κ1) is 34.3. The minimum atomic E-state index is 0.528. The number of para-hydroxylation sites is 2. The predicted octanol–water partition coefficient (Wildman–Crippen LogP) is 15.6. The maximum absolute atomic E-state index is 7.81. The summed E-state index contributed by atoms with van der Waals surface area (Å²) in [5.41, 5.74) is 11.2. The molecule has 53 heavy (non-hydrogen) atoms. The molecule has 5 heteroatoms. The molecule has 0 amide bonds. The molecule has 0 N–H and O–H groups in total. The molecule has 0 heterocycles. The van der Waals surface area contributed by atoms with Crippen LogP contribution in [-0.4, -0.2) is 0 Å². The molecule has 8 rings (SSSR count). The lowest BCUT2D eigenvalue weighted by molar-refractivity contribution is 1.25. The molecule has 0 aliphatic carbocycles. The van der Waals surface area contributed by atoms with E-state index < -0.39 is 0 Å². The highest BCUT2D eigenvalue weighted by Gasteiger charge is 2.26. The van der Waals surface area contributed by atoms with Crippen LogP contribution >= 0.6 is 34.8 Å². The van der Waals surface area contributed by atoms with E-state index in [0.29, 0.717) is 15.1 Å². The molecule has 0 saturated carbocycles. The molecule has 0 aromatic heterocycles. The molecule has 0 fully saturated rings. The van der Waals surface area contributed by atoms with Gasteiger partial charge in [0, 0.05) is 11.4 Å². The standard InChI is InChI=1S/C48H33Cl3N2/c49-42-28-26-37(34-16-6-1-7-17-34)30-44(42)52(40-22-12-4-13-23-40)46-32-39(36-20-10-3-11-21-36)33-47(48(46)51)53(41-24-14-5-15-25-41)45-31-38(27-29-43(45)50)35-18-8-2-9-19-35/h1-33H. The highest BCUT2D eigenvalue weighted by atomic mass is 35.5. The van der Waals surface area contributed by atoms with Gasteiger partial charge in [-0.2, -0.15) is 0 Å². The van der Waals surface area contributed by atoms with Crippen molar-refractivity contribution in [1.29, 1.82) is 0 Å². The zero-order valence-electron chi connectivity index (χ0n) is 28.6. The van der Waals surface area contributed by atoms with Crippen LogP contribution in [0.5, 0.6) is 0 Å². The zero-order valence-corrected chi connectivity index (χ0v) is 30.8. The summed E-state index contributed by atoms with van der Waals surface area (Å²) in [6.07, 6.45) is 0. The third-order valence-corrected chi connectivity index (χ3v) is 10.3. The minimum absolute atomic E-state index is 0.528. The summed E-state index contributed by atoms with van der Waals surface area (Å²) in [6.45, 7) is 0. The van der Waals surface area contributed by atoms with Gasteiger partial charge >= 0.3 is 0 Å². The maximum atomic E-state index is 7.81. The van der Waals surface area contributed by atoms with Crippen molar-refractivity contribution in [2.24, 2.45) is 0 Å². The van der Waals surface area contributed by atoms with Crippen molar-refractivity contribution in [1.82, 2.24) is 0 Å². The van der Waals surface area contributed by atoms with Gasteiger partial charge in [0.1, 0.15) is 0 Å². The minimum Gasteiger partial charge on any atom is -0.307 e. The van der Waals surface area contributed by atoms with E-state index >= 15 is 0 Å².